The lowest BCUT2D eigenvalue weighted by Gasteiger charge is -2.16. The summed E-state index contributed by atoms with van der Waals surface area (Å²) in [6, 6.07) is 18.6. The van der Waals surface area contributed by atoms with E-state index in [1.165, 1.54) is 4.90 Å². The first-order valence-electron chi connectivity index (χ1n) is 6.94. The molecule has 1 saturated heterocycles. The zero-order chi connectivity index (χ0) is 14.7. The average molecular weight is 280 g/mol. The van der Waals surface area contributed by atoms with E-state index in [9.17, 15) is 9.59 Å². The number of anilines is 1. The Morgan fingerprint density at radius 3 is 2.24 bits per heavy atom. The van der Waals surface area contributed by atoms with Gasteiger partial charge in [0.2, 0.25) is 5.91 Å². The number of carbonyl (C=O) groups is 2. The van der Waals surface area contributed by atoms with E-state index >= 15 is 0 Å². The first-order chi connectivity index (χ1) is 10.2. The molecule has 0 bridgehead atoms. The largest absolute Gasteiger partial charge is 0.373 e. The second-order valence-corrected chi connectivity index (χ2v) is 5.07. The Morgan fingerprint density at radius 2 is 1.57 bits per heavy atom. The number of nitrogens with zero attached hydrogens (tertiary/aromatic N) is 1. The summed E-state index contributed by atoms with van der Waals surface area (Å²) in [5, 5.41) is 3.12. The summed E-state index contributed by atoms with van der Waals surface area (Å²) in [4.78, 5) is 25.8. The highest BCUT2D eigenvalue weighted by Gasteiger charge is 2.38. The third-order valence-corrected chi connectivity index (χ3v) is 3.54. The van der Waals surface area contributed by atoms with Gasteiger partial charge in [-0.3, -0.25) is 14.5 Å². The number of hydrogen-bond acceptors (Lipinski definition) is 3. The zero-order valence-corrected chi connectivity index (χ0v) is 11.5. The monoisotopic (exact) mass is 280 g/mol. The topological polar surface area (TPSA) is 49.4 Å². The van der Waals surface area contributed by atoms with E-state index in [0.717, 1.165) is 11.3 Å². The Hall–Kier alpha value is -2.62. The fourth-order valence-corrected chi connectivity index (χ4v) is 2.46. The van der Waals surface area contributed by atoms with Gasteiger partial charge >= 0.3 is 0 Å². The van der Waals surface area contributed by atoms with Crippen molar-refractivity contribution >= 4 is 17.5 Å². The van der Waals surface area contributed by atoms with Gasteiger partial charge in [-0.15, -0.1) is 0 Å². The summed E-state index contributed by atoms with van der Waals surface area (Å²) in [6.45, 7) is 0.339. The summed E-state index contributed by atoms with van der Waals surface area (Å²) in [5.41, 5.74) is 1.81. The second kappa shape index (κ2) is 5.79. The molecule has 1 atom stereocenters. The molecule has 4 nitrogen and oxygen atoms in total. The van der Waals surface area contributed by atoms with Crippen molar-refractivity contribution < 1.29 is 9.59 Å². The van der Waals surface area contributed by atoms with Gasteiger partial charge in [0.05, 0.1) is 13.0 Å². The van der Waals surface area contributed by atoms with Gasteiger partial charge in [0.25, 0.3) is 5.91 Å². The molecule has 1 fully saturated rings. The molecule has 0 spiro atoms. The molecule has 2 amide bonds. The van der Waals surface area contributed by atoms with Gasteiger partial charge in [-0.2, -0.15) is 0 Å². The first-order valence-corrected chi connectivity index (χ1v) is 6.94. The molecule has 21 heavy (non-hydrogen) atoms. The van der Waals surface area contributed by atoms with Crippen molar-refractivity contribution in [3.63, 3.8) is 0 Å². The highest BCUT2D eigenvalue weighted by Crippen LogP contribution is 2.20. The quantitative estimate of drug-likeness (QED) is 0.875. The molecule has 3 rings (SSSR count). The molecule has 1 aliphatic rings. The van der Waals surface area contributed by atoms with Crippen molar-refractivity contribution in [2.45, 2.75) is 19.0 Å². The highest BCUT2D eigenvalue weighted by atomic mass is 16.2. The van der Waals surface area contributed by atoms with Crippen molar-refractivity contribution in [2.75, 3.05) is 5.32 Å². The maximum atomic E-state index is 12.4. The van der Waals surface area contributed by atoms with Gasteiger partial charge in [0, 0.05) is 5.69 Å². The fraction of sp³-hybridized carbons (Fsp3) is 0.176. The normalized spacial score (nSPS) is 18.1. The molecule has 0 saturated carbocycles. The van der Waals surface area contributed by atoms with Crippen LogP contribution in [0, 0.1) is 0 Å². The lowest BCUT2D eigenvalue weighted by molar-refractivity contribution is -0.139. The minimum Gasteiger partial charge on any atom is -0.373 e. The van der Waals surface area contributed by atoms with Crippen LogP contribution >= 0.6 is 0 Å². The minimum absolute atomic E-state index is 0.128. The predicted molar refractivity (Wildman–Crippen MR) is 80.5 cm³/mol. The maximum Gasteiger partial charge on any atom is 0.252 e. The zero-order valence-electron chi connectivity index (χ0n) is 11.5. The van der Waals surface area contributed by atoms with E-state index in [2.05, 4.69) is 5.32 Å². The first kappa shape index (κ1) is 13.4. The molecule has 0 aliphatic carbocycles. The van der Waals surface area contributed by atoms with Crippen LogP contribution < -0.4 is 5.32 Å². The van der Waals surface area contributed by atoms with Crippen LogP contribution in [0.25, 0.3) is 0 Å². The molecule has 1 N–H and O–H groups in total. The number of hydrogen-bond donors (Lipinski definition) is 1. The van der Waals surface area contributed by atoms with Gasteiger partial charge in [0.15, 0.2) is 0 Å². The Kier molecular flexibility index (Phi) is 3.69. The van der Waals surface area contributed by atoms with E-state index in [4.69, 9.17) is 0 Å². The van der Waals surface area contributed by atoms with Crippen LogP contribution in [0.3, 0.4) is 0 Å². The van der Waals surface area contributed by atoms with Gasteiger partial charge in [0.1, 0.15) is 6.04 Å². The number of nitrogens with one attached hydrogen (secondary N) is 1. The van der Waals surface area contributed by atoms with E-state index in [0.29, 0.717) is 6.54 Å². The number of benzene rings is 2. The summed E-state index contributed by atoms with van der Waals surface area (Å²) in [6.07, 6.45) is 0.209. The van der Waals surface area contributed by atoms with Crippen molar-refractivity contribution in [3.8, 4) is 0 Å². The van der Waals surface area contributed by atoms with Gasteiger partial charge in [-0.25, -0.2) is 0 Å². The van der Waals surface area contributed by atoms with Crippen molar-refractivity contribution in [2.24, 2.45) is 0 Å². The standard InChI is InChI=1S/C17H16N2O2/c20-16-11-15(18-14-9-5-2-6-10-14)17(21)19(16)12-13-7-3-1-4-8-13/h1-10,15,18H,11-12H2/t15-/m0/s1. The van der Waals surface area contributed by atoms with Crippen LogP contribution in [0.15, 0.2) is 60.7 Å². The molecular formula is C17H16N2O2. The number of para-hydroxylation sites is 1. The van der Waals surface area contributed by atoms with E-state index in [1.54, 1.807) is 0 Å². The molecule has 1 heterocycles. The third kappa shape index (κ3) is 2.94. The van der Waals surface area contributed by atoms with Gasteiger partial charge < -0.3 is 5.32 Å². The molecule has 4 heteroatoms. The van der Waals surface area contributed by atoms with Crippen LogP contribution in [-0.4, -0.2) is 22.8 Å². The lowest BCUT2D eigenvalue weighted by atomic mass is 10.2. The summed E-state index contributed by atoms with van der Waals surface area (Å²) in [7, 11) is 0. The predicted octanol–water partition coefficient (Wildman–Crippen LogP) is 2.43. The number of amides is 2. The molecule has 2 aromatic rings. The van der Waals surface area contributed by atoms with E-state index < -0.39 is 6.04 Å². The number of likely N-dealkylation sites (tertiary alicyclic amines) is 1. The highest BCUT2D eigenvalue weighted by molar-refractivity contribution is 6.06. The molecule has 2 aromatic carbocycles. The third-order valence-electron chi connectivity index (χ3n) is 3.54. The molecule has 1 aliphatic heterocycles. The Labute approximate surface area is 123 Å². The number of rotatable bonds is 4. The average Bonchev–Trinajstić information content (AvgIpc) is 2.77. The van der Waals surface area contributed by atoms with E-state index in [1.807, 2.05) is 60.7 Å². The van der Waals surface area contributed by atoms with Crippen LogP contribution in [0.2, 0.25) is 0 Å². The lowest BCUT2D eigenvalue weighted by Crippen LogP contribution is -2.34. The summed E-state index contributed by atoms with van der Waals surface area (Å²) in [5.74, 6) is -0.287. The number of carbonyl (C=O) groups excluding carboxylic acids is 2. The van der Waals surface area contributed by atoms with Crippen molar-refractivity contribution in [1.29, 1.82) is 0 Å². The minimum atomic E-state index is -0.469. The maximum absolute atomic E-state index is 12.4. The van der Waals surface area contributed by atoms with Gasteiger partial charge in [-0.05, 0) is 17.7 Å². The molecule has 0 aromatic heterocycles. The molecule has 0 radical (unpaired) electrons. The Bertz CT molecular complexity index is 640. The van der Waals surface area contributed by atoms with Crippen LogP contribution in [-0.2, 0) is 16.1 Å². The summed E-state index contributed by atoms with van der Waals surface area (Å²) < 4.78 is 0. The Morgan fingerprint density at radius 1 is 0.952 bits per heavy atom. The van der Waals surface area contributed by atoms with Crippen LogP contribution in [0.1, 0.15) is 12.0 Å². The van der Waals surface area contributed by atoms with Crippen molar-refractivity contribution in [3.05, 3.63) is 66.2 Å². The van der Waals surface area contributed by atoms with Crippen LogP contribution in [0.4, 0.5) is 5.69 Å². The molecular weight excluding hydrogens is 264 g/mol. The smallest absolute Gasteiger partial charge is 0.252 e. The van der Waals surface area contributed by atoms with E-state index in [-0.39, 0.29) is 18.2 Å². The summed E-state index contributed by atoms with van der Waals surface area (Å²) >= 11 is 0. The second-order valence-electron chi connectivity index (χ2n) is 5.07. The molecule has 106 valence electrons. The SMILES string of the molecule is O=C1C[C@H](Nc2ccccc2)C(=O)N1Cc1ccccc1. The van der Waals surface area contributed by atoms with Gasteiger partial charge in [-0.1, -0.05) is 48.5 Å². The van der Waals surface area contributed by atoms with Crippen LogP contribution in [0.5, 0.6) is 0 Å². The molecule has 0 unspecified atom stereocenters. The number of imide groups is 1. The van der Waals surface area contributed by atoms with Crippen molar-refractivity contribution in [1.82, 2.24) is 4.90 Å². The fourth-order valence-electron chi connectivity index (χ4n) is 2.46. The Balaban J connectivity index is 1.70.